The molecule has 0 radical (unpaired) electrons. The second-order valence-corrected chi connectivity index (χ2v) is 8.52. The Labute approximate surface area is 173 Å². The summed E-state index contributed by atoms with van der Waals surface area (Å²) in [6, 6.07) is 12.7. The molecule has 1 aliphatic carbocycles. The Morgan fingerprint density at radius 3 is 2.69 bits per heavy atom. The molecule has 3 aromatic rings. The van der Waals surface area contributed by atoms with Crippen LogP contribution in [-0.4, -0.2) is 20.9 Å². The highest BCUT2D eigenvalue weighted by atomic mass is 35.5. The summed E-state index contributed by atoms with van der Waals surface area (Å²) in [5.41, 5.74) is 3.45. The van der Waals surface area contributed by atoms with Gasteiger partial charge in [-0.2, -0.15) is 0 Å². The molecular weight excluding hydrogens is 391 g/mol. The third-order valence-corrected chi connectivity index (χ3v) is 6.51. The first kappa shape index (κ1) is 18.6. The SMILES string of the molecule is Fc1ccc(OC2CCC(Cl)(c3ccc4c(c3)CNCc3nncn3-4)CC2)cc1. The number of aromatic nitrogens is 3. The van der Waals surface area contributed by atoms with Gasteiger partial charge in [-0.15, -0.1) is 21.8 Å². The summed E-state index contributed by atoms with van der Waals surface area (Å²) in [6.45, 7) is 1.47. The Hall–Kier alpha value is -2.44. The first-order valence-corrected chi connectivity index (χ1v) is 10.3. The van der Waals surface area contributed by atoms with E-state index >= 15 is 0 Å². The zero-order valence-electron chi connectivity index (χ0n) is 15.9. The molecule has 0 spiro atoms. The molecule has 0 atom stereocenters. The van der Waals surface area contributed by atoms with Crippen molar-refractivity contribution >= 4 is 11.6 Å². The Bertz CT molecular complexity index is 1010. The summed E-state index contributed by atoms with van der Waals surface area (Å²) >= 11 is 7.09. The first-order valence-electron chi connectivity index (χ1n) is 9.95. The maximum atomic E-state index is 13.1. The van der Waals surface area contributed by atoms with Gasteiger partial charge in [0.05, 0.1) is 23.2 Å². The van der Waals surface area contributed by atoms with E-state index < -0.39 is 0 Å². The molecular formula is C22H22ClFN4O. The molecule has 0 amide bonds. The van der Waals surface area contributed by atoms with Crippen LogP contribution in [0.5, 0.6) is 5.75 Å². The largest absolute Gasteiger partial charge is 0.490 e. The van der Waals surface area contributed by atoms with Gasteiger partial charge in [-0.05, 0) is 67.1 Å². The number of hydrogen-bond acceptors (Lipinski definition) is 4. The predicted octanol–water partition coefficient (Wildman–Crippen LogP) is 4.47. The van der Waals surface area contributed by atoms with Crippen molar-refractivity contribution in [3.05, 3.63) is 71.6 Å². The van der Waals surface area contributed by atoms with Crippen LogP contribution < -0.4 is 10.1 Å². The van der Waals surface area contributed by atoms with Crippen LogP contribution in [0.3, 0.4) is 0 Å². The van der Waals surface area contributed by atoms with Crippen LogP contribution in [0.4, 0.5) is 4.39 Å². The lowest BCUT2D eigenvalue weighted by Crippen LogP contribution is -2.31. The van der Waals surface area contributed by atoms with E-state index in [0.717, 1.165) is 49.3 Å². The molecule has 0 saturated heterocycles. The van der Waals surface area contributed by atoms with Crippen molar-refractivity contribution in [2.45, 2.75) is 49.8 Å². The van der Waals surface area contributed by atoms with Crippen molar-refractivity contribution in [2.75, 3.05) is 0 Å². The summed E-state index contributed by atoms with van der Waals surface area (Å²) in [5.74, 6) is 1.37. The van der Waals surface area contributed by atoms with Crippen LogP contribution in [0, 0.1) is 5.82 Å². The normalized spacial score (nSPS) is 23.7. The zero-order valence-corrected chi connectivity index (χ0v) is 16.7. The van der Waals surface area contributed by atoms with Crippen LogP contribution in [0.2, 0.25) is 0 Å². The lowest BCUT2D eigenvalue weighted by molar-refractivity contribution is 0.138. The number of benzene rings is 2. The number of fused-ring (bicyclic) bond motifs is 3. The lowest BCUT2D eigenvalue weighted by Gasteiger charge is -2.36. The van der Waals surface area contributed by atoms with Crippen LogP contribution >= 0.6 is 11.6 Å². The smallest absolute Gasteiger partial charge is 0.151 e. The number of alkyl halides is 1. The average Bonchev–Trinajstić information content (AvgIpc) is 3.13. The third kappa shape index (κ3) is 3.63. The van der Waals surface area contributed by atoms with Gasteiger partial charge in [0.1, 0.15) is 17.9 Å². The van der Waals surface area contributed by atoms with Gasteiger partial charge in [-0.25, -0.2) is 4.39 Å². The quantitative estimate of drug-likeness (QED) is 0.645. The highest BCUT2D eigenvalue weighted by Crippen LogP contribution is 2.44. The maximum absolute atomic E-state index is 13.1. The molecule has 2 aromatic carbocycles. The molecule has 5 nitrogen and oxygen atoms in total. The standard InChI is InChI=1S/C22H22ClFN4O/c23-22(9-7-19(8-10-22)29-18-4-2-17(24)3-5-18)16-1-6-20-15(11-16)12-25-13-21-27-26-14-28(20)21/h1-6,11,14,19,25H,7-10,12-13H2. The molecule has 1 aliphatic heterocycles. The number of nitrogens with one attached hydrogen (secondary N) is 1. The zero-order chi connectivity index (χ0) is 19.8. The fourth-order valence-corrected chi connectivity index (χ4v) is 4.63. The first-order chi connectivity index (χ1) is 14.1. The Morgan fingerprint density at radius 2 is 1.90 bits per heavy atom. The van der Waals surface area contributed by atoms with Gasteiger partial charge in [0, 0.05) is 6.54 Å². The maximum Gasteiger partial charge on any atom is 0.151 e. The number of rotatable bonds is 3. The molecule has 1 N–H and O–H groups in total. The fourth-order valence-electron chi connectivity index (χ4n) is 4.29. The van der Waals surface area contributed by atoms with Crippen LogP contribution in [-0.2, 0) is 18.0 Å². The van der Waals surface area contributed by atoms with Crippen molar-refractivity contribution < 1.29 is 9.13 Å². The van der Waals surface area contributed by atoms with Gasteiger partial charge in [-0.1, -0.05) is 12.1 Å². The van der Waals surface area contributed by atoms with E-state index in [1.807, 2.05) is 4.57 Å². The highest BCUT2D eigenvalue weighted by molar-refractivity contribution is 6.24. The van der Waals surface area contributed by atoms with Gasteiger partial charge in [-0.3, -0.25) is 4.57 Å². The Kier molecular flexibility index (Phi) is 4.76. The summed E-state index contributed by atoms with van der Waals surface area (Å²) in [6.07, 6.45) is 5.27. The topological polar surface area (TPSA) is 52.0 Å². The van der Waals surface area contributed by atoms with E-state index in [2.05, 4.69) is 33.7 Å². The number of halogens is 2. The number of hydrogen-bond donors (Lipinski definition) is 1. The number of nitrogens with zero attached hydrogens (tertiary/aromatic N) is 3. The van der Waals surface area contributed by atoms with Crippen LogP contribution in [0.1, 0.15) is 42.6 Å². The minimum absolute atomic E-state index is 0.106. The molecule has 1 saturated carbocycles. The molecule has 150 valence electrons. The average molecular weight is 413 g/mol. The van der Waals surface area contributed by atoms with E-state index in [0.29, 0.717) is 12.3 Å². The second-order valence-electron chi connectivity index (χ2n) is 7.80. The van der Waals surface area contributed by atoms with Crippen molar-refractivity contribution in [1.82, 2.24) is 20.1 Å². The van der Waals surface area contributed by atoms with Gasteiger partial charge in [0.25, 0.3) is 0 Å². The minimum atomic E-state index is -0.389. The van der Waals surface area contributed by atoms with E-state index in [9.17, 15) is 4.39 Å². The van der Waals surface area contributed by atoms with Gasteiger partial charge in [0.15, 0.2) is 5.82 Å². The van der Waals surface area contributed by atoms with Crippen LogP contribution in [0.15, 0.2) is 48.8 Å². The fraction of sp³-hybridized carbons (Fsp3) is 0.364. The highest BCUT2D eigenvalue weighted by Gasteiger charge is 2.36. The second kappa shape index (κ2) is 7.43. The molecule has 1 aromatic heterocycles. The van der Waals surface area contributed by atoms with Crippen molar-refractivity contribution in [1.29, 1.82) is 0 Å². The molecule has 0 unspecified atom stereocenters. The van der Waals surface area contributed by atoms with Gasteiger partial charge < -0.3 is 10.1 Å². The third-order valence-electron chi connectivity index (χ3n) is 5.91. The van der Waals surface area contributed by atoms with E-state index in [-0.39, 0.29) is 16.8 Å². The summed E-state index contributed by atoms with van der Waals surface area (Å²) < 4.78 is 21.1. The monoisotopic (exact) mass is 412 g/mol. The number of ether oxygens (including phenoxy) is 1. The summed E-state index contributed by atoms with van der Waals surface area (Å²) in [7, 11) is 0. The van der Waals surface area contributed by atoms with E-state index in [1.54, 1.807) is 18.5 Å². The van der Waals surface area contributed by atoms with Crippen molar-refractivity contribution in [2.24, 2.45) is 0 Å². The van der Waals surface area contributed by atoms with Crippen LogP contribution in [0.25, 0.3) is 5.69 Å². The molecule has 29 heavy (non-hydrogen) atoms. The van der Waals surface area contributed by atoms with Gasteiger partial charge in [0.2, 0.25) is 0 Å². The molecule has 5 rings (SSSR count). The van der Waals surface area contributed by atoms with E-state index in [4.69, 9.17) is 16.3 Å². The minimum Gasteiger partial charge on any atom is -0.490 e. The molecule has 1 fully saturated rings. The molecule has 0 bridgehead atoms. The molecule has 2 heterocycles. The Balaban J connectivity index is 1.32. The summed E-state index contributed by atoms with van der Waals surface area (Å²) in [4.78, 5) is -0.389. The van der Waals surface area contributed by atoms with Crippen molar-refractivity contribution in [3.8, 4) is 11.4 Å². The lowest BCUT2D eigenvalue weighted by atomic mass is 9.81. The van der Waals surface area contributed by atoms with Gasteiger partial charge >= 0.3 is 0 Å². The molecule has 2 aliphatic rings. The molecule has 7 heteroatoms. The predicted molar refractivity (Wildman–Crippen MR) is 109 cm³/mol. The van der Waals surface area contributed by atoms with E-state index in [1.165, 1.54) is 17.7 Å². The Morgan fingerprint density at radius 1 is 1.10 bits per heavy atom. The van der Waals surface area contributed by atoms with Crippen molar-refractivity contribution in [3.63, 3.8) is 0 Å². The summed E-state index contributed by atoms with van der Waals surface area (Å²) in [5, 5.41) is 11.6.